The maximum absolute atomic E-state index is 14.0. The van der Waals surface area contributed by atoms with E-state index in [1.165, 1.54) is 30.6 Å². The first-order valence-corrected chi connectivity index (χ1v) is 14.0. The zero-order chi connectivity index (χ0) is 29.5. The molecule has 0 unspecified atom stereocenters. The van der Waals surface area contributed by atoms with E-state index in [9.17, 15) is 14.0 Å². The van der Waals surface area contributed by atoms with E-state index in [1.54, 1.807) is 47.7 Å². The van der Waals surface area contributed by atoms with Crippen molar-refractivity contribution in [3.8, 4) is 28.4 Å². The minimum absolute atomic E-state index is 0.0410. The summed E-state index contributed by atoms with van der Waals surface area (Å²) in [5, 5.41) is 5.36. The van der Waals surface area contributed by atoms with Crippen LogP contribution in [-0.4, -0.2) is 31.6 Å². The van der Waals surface area contributed by atoms with Crippen molar-refractivity contribution < 1.29 is 28.2 Å². The van der Waals surface area contributed by atoms with Gasteiger partial charge in [0.25, 0.3) is 5.91 Å². The van der Waals surface area contributed by atoms with Crippen LogP contribution in [0.5, 0.6) is 17.2 Å². The van der Waals surface area contributed by atoms with Gasteiger partial charge in [0.1, 0.15) is 40.1 Å². The molecule has 0 fully saturated rings. The number of rotatable bonds is 7. The van der Waals surface area contributed by atoms with Crippen molar-refractivity contribution in [2.45, 2.75) is 32.9 Å². The van der Waals surface area contributed by atoms with E-state index in [0.717, 1.165) is 16.8 Å². The van der Waals surface area contributed by atoms with Crippen LogP contribution >= 0.6 is 22.9 Å². The van der Waals surface area contributed by atoms with Gasteiger partial charge < -0.3 is 24.4 Å². The Morgan fingerprint density at radius 1 is 1.07 bits per heavy atom. The fourth-order valence-electron chi connectivity index (χ4n) is 4.86. The molecular formula is C31H28ClFN2O5S. The summed E-state index contributed by atoms with van der Waals surface area (Å²) in [6, 6.07) is 14.9. The Morgan fingerprint density at radius 3 is 2.54 bits per heavy atom. The van der Waals surface area contributed by atoms with Crippen LogP contribution in [0.3, 0.4) is 0 Å². The molecule has 0 bridgehead atoms. The second-order valence-electron chi connectivity index (χ2n) is 10.1. The Morgan fingerprint density at radius 2 is 1.83 bits per heavy atom. The number of carbonyl (C=O) groups is 2. The number of nitrogens with one attached hydrogen (secondary N) is 1. The number of ether oxygens (including phenoxy) is 3. The van der Waals surface area contributed by atoms with Gasteiger partial charge in [-0.15, -0.1) is 11.3 Å². The normalized spacial score (nSPS) is 13.8. The van der Waals surface area contributed by atoms with E-state index in [2.05, 4.69) is 5.32 Å². The molecule has 0 saturated heterocycles. The number of halogens is 2. The summed E-state index contributed by atoms with van der Waals surface area (Å²) in [5.74, 6) is 0.0184. The lowest BCUT2D eigenvalue weighted by atomic mass is 9.91. The van der Waals surface area contributed by atoms with Gasteiger partial charge in [0.15, 0.2) is 0 Å². The number of amides is 1. The van der Waals surface area contributed by atoms with Crippen LogP contribution in [0.15, 0.2) is 60.0 Å². The van der Waals surface area contributed by atoms with E-state index < -0.39 is 17.3 Å². The number of likely N-dealkylation sites (N-methyl/N-ethyl adjacent to an activating group) is 1. The number of methoxy groups -OCH3 is 1. The smallest absolute Gasteiger partial charge is 0.355 e. The lowest BCUT2D eigenvalue weighted by molar-refractivity contribution is -0.121. The van der Waals surface area contributed by atoms with Crippen LogP contribution in [0.4, 0.5) is 15.8 Å². The van der Waals surface area contributed by atoms with E-state index in [1.807, 2.05) is 32.9 Å². The number of aryl methyl sites for hydroxylation is 1. The van der Waals surface area contributed by atoms with Gasteiger partial charge in [0, 0.05) is 30.3 Å². The van der Waals surface area contributed by atoms with Crippen LogP contribution in [0.2, 0.25) is 5.02 Å². The Labute approximate surface area is 246 Å². The first-order chi connectivity index (χ1) is 19.5. The molecule has 1 aliphatic heterocycles. The average molecular weight is 595 g/mol. The second-order valence-corrected chi connectivity index (χ2v) is 11.5. The van der Waals surface area contributed by atoms with Gasteiger partial charge in [-0.2, -0.15) is 0 Å². The highest BCUT2D eigenvalue weighted by Gasteiger charge is 2.38. The summed E-state index contributed by atoms with van der Waals surface area (Å²) in [4.78, 5) is 27.8. The highest BCUT2D eigenvalue weighted by Crippen LogP contribution is 2.45. The number of hydrogen-bond donors (Lipinski definition) is 1. The largest absolute Gasteiger partial charge is 0.496 e. The zero-order valence-corrected chi connectivity index (χ0v) is 24.7. The van der Waals surface area contributed by atoms with Crippen molar-refractivity contribution in [3.63, 3.8) is 0 Å². The fraction of sp³-hybridized carbons (Fsp3) is 0.226. The molecule has 0 radical (unpaired) electrons. The van der Waals surface area contributed by atoms with Gasteiger partial charge in [-0.3, -0.25) is 4.79 Å². The summed E-state index contributed by atoms with van der Waals surface area (Å²) in [5.41, 5.74) is 3.47. The van der Waals surface area contributed by atoms with Crippen molar-refractivity contribution in [1.29, 1.82) is 0 Å². The molecule has 10 heteroatoms. The van der Waals surface area contributed by atoms with E-state index in [4.69, 9.17) is 25.8 Å². The standard InChI is InChI=1S/C31H28ClFN2O5S/c1-17-6-7-18(33)14-25(17)39-16-22-20(10-11-24-27(22)35(4)30(37)31(2,3)34-24)21-9-8-19(15-26(21)38-5)40-29(36)28-23(32)12-13-41-28/h6-15,34H,16H2,1-5H3. The number of hydrogen-bond acceptors (Lipinski definition) is 7. The molecule has 41 heavy (non-hydrogen) atoms. The molecule has 0 saturated carbocycles. The lowest BCUT2D eigenvalue weighted by Gasteiger charge is -2.39. The molecule has 4 aromatic rings. The van der Waals surface area contributed by atoms with Gasteiger partial charge in [-0.05, 0) is 67.6 Å². The lowest BCUT2D eigenvalue weighted by Crippen LogP contribution is -2.52. The SMILES string of the molecule is COc1cc(OC(=O)c2sccc2Cl)ccc1-c1ccc2c(c1COc1cc(F)ccc1C)N(C)C(=O)C(C)(C)N2. The number of benzene rings is 3. The Balaban J connectivity index is 1.58. The highest BCUT2D eigenvalue weighted by atomic mass is 35.5. The second kappa shape index (κ2) is 11.1. The Bertz CT molecular complexity index is 1670. The summed E-state index contributed by atoms with van der Waals surface area (Å²) in [6.45, 7) is 5.52. The van der Waals surface area contributed by atoms with Gasteiger partial charge >= 0.3 is 5.97 Å². The van der Waals surface area contributed by atoms with Crippen LogP contribution in [-0.2, 0) is 11.4 Å². The monoisotopic (exact) mass is 594 g/mol. The minimum atomic E-state index is -0.810. The molecule has 5 rings (SSSR count). The fourth-order valence-corrected chi connectivity index (χ4v) is 5.87. The summed E-state index contributed by atoms with van der Waals surface area (Å²) < 4.78 is 31.4. The average Bonchev–Trinajstić information content (AvgIpc) is 3.38. The number of fused-ring (bicyclic) bond motifs is 1. The maximum Gasteiger partial charge on any atom is 0.355 e. The molecule has 1 amide bonds. The molecule has 212 valence electrons. The van der Waals surface area contributed by atoms with Crippen molar-refractivity contribution in [2.24, 2.45) is 0 Å². The van der Waals surface area contributed by atoms with Gasteiger partial charge in [0.2, 0.25) is 0 Å². The number of anilines is 2. The van der Waals surface area contributed by atoms with Crippen LogP contribution in [0.1, 0.15) is 34.6 Å². The van der Waals surface area contributed by atoms with Crippen LogP contribution in [0, 0.1) is 12.7 Å². The Hall–Kier alpha value is -4.08. The molecule has 0 aliphatic carbocycles. The molecule has 7 nitrogen and oxygen atoms in total. The summed E-state index contributed by atoms with van der Waals surface area (Å²) in [7, 11) is 3.24. The number of nitrogens with zero attached hydrogens (tertiary/aromatic N) is 1. The van der Waals surface area contributed by atoms with E-state index >= 15 is 0 Å². The molecule has 2 heterocycles. The maximum atomic E-state index is 14.0. The molecular weight excluding hydrogens is 567 g/mol. The predicted octanol–water partition coefficient (Wildman–Crippen LogP) is 7.49. The zero-order valence-electron chi connectivity index (χ0n) is 23.1. The predicted molar refractivity (Wildman–Crippen MR) is 159 cm³/mol. The summed E-state index contributed by atoms with van der Waals surface area (Å²) in [6.07, 6.45) is 0. The Kier molecular flexibility index (Phi) is 7.68. The molecule has 0 spiro atoms. The topological polar surface area (TPSA) is 77.1 Å². The molecule has 0 atom stereocenters. The molecule has 1 aliphatic rings. The van der Waals surface area contributed by atoms with Crippen molar-refractivity contribution in [1.82, 2.24) is 0 Å². The van der Waals surface area contributed by atoms with Crippen molar-refractivity contribution >= 4 is 46.2 Å². The summed E-state index contributed by atoms with van der Waals surface area (Å²) >= 11 is 7.29. The van der Waals surface area contributed by atoms with E-state index in [-0.39, 0.29) is 18.3 Å². The number of thiophene rings is 1. The minimum Gasteiger partial charge on any atom is -0.496 e. The first kappa shape index (κ1) is 28.4. The quantitative estimate of drug-likeness (QED) is 0.176. The van der Waals surface area contributed by atoms with Crippen molar-refractivity contribution in [2.75, 3.05) is 24.4 Å². The highest BCUT2D eigenvalue weighted by molar-refractivity contribution is 7.12. The molecule has 3 aromatic carbocycles. The number of esters is 1. The molecule has 1 aromatic heterocycles. The first-order valence-electron chi connectivity index (χ1n) is 12.7. The third kappa shape index (κ3) is 5.47. The van der Waals surface area contributed by atoms with Crippen LogP contribution in [0.25, 0.3) is 11.1 Å². The number of carbonyl (C=O) groups excluding carboxylic acids is 2. The third-order valence-electron chi connectivity index (χ3n) is 6.90. The third-order valence-corrected chi connectivity index (χ3v) is 8.22. The van der Waals surface area contributed by atoms with Gasteiger partial charge in [-0.1, -0.05) is 23.7 Å². The molecule has 1 N–H and O–H groups in total. The van der Waals surface area contributed by atoms with E-state index in [0.29, 0.717) is 38.2 Å². The van der Waals surface area contributed by atoms with Gasteiger partial charge in [-0.25, -0.2) is 9.18 Å². The van der Waals surface area contributed by atoms with Crippen molar-refractivity contribution in [3.05, 3.63) is 86.8 Å². The van der Waals surface area contributed by atoms with Crippen LogP contribution < -0.4 is 24.4 Å². The van der Waals surface area contributed by atoms with Gasteiger partial charge in [0.05, 0.1) is 23.5 Å².